The van der Waals surface area contributed by atoms with Crippen molar-refractivity contribution in [3.8, 4) is 0 Å². The molecule has 0 bridgehead atoms. The lowest BCUT2D eigenvalue weighted by Crippen LogP contribution is -2.43. The van der Waals surface area contributed by atoms with E-state index in [0.29, 0.717) is 24.2 Å². The minimum atomic E-state index is -0.383. The highest BCUT2D eigenvalue weighted by Crippen LogP contribution is 2.44. The van der Waals surface area contributed by atoms with Gasteiger partial charge in [-0.2, -0.15) is 0 Å². The number of nitrogens with zero attached hydrogens (tertiary/aromatic N) is 1. The zero-order valence-electron chi connectivity index (χ0n) is 14.0. The van der Waals surface area contributed by atoms with Crippen molar-refractivity contribution in [2.45, 2.75) is 45.3 Å². The Morgan fingerprint density at radius 2 is 2.18 bits per heavy atom. The van der Waals surface area contributed by atoms with Crippen molar-refractivity contribution in [1.29, 1.82) is 0 Å². The molecule has 0 unspecified atom stereocenters. The van der Waals surface area contributed by atoms with Crippen LogP contribution in [0.5, 0.6) is 0 Å². The standard InChI is InChI=1S/C17H29NO4/c1-4-21-17-13(9-6-10-19)14(12-7-5-8-12)11-15(22-17)16(20)18(2)3/h11-14,17,19H,4-10H2,1-3H3/t13-,14+,17+/m0/s1. The largest absolute Gasteiger partial charge is 0.459 e. The van der Waals surface area contributed by atoms with E-state index in [1.54, 1.807) is 19.0 Å². The van der Waals surface area contributed by atoms with Gasteiger partial charge in [0.25, 0.3) is 5.91 Å². The zero-order chi connectivity index (χ0) is 16.1. The molecule has 1 fully saturated rings. The van der Waals surface area contributed by atoms with Crippen LogP contribution in [-0.2, 0) is 14.3 Å². The van der Waals surface area contributed by atoms with Gasteiger partial charge < -0.3 is 19.5 Å². The average molecular weight is 311 g/mol. The summed E-state index contributed by atoms with van der Waals surface area (Å²) < 4.78 is 11.7. The van der Waals surface area contributed by atoms with Gasteiger partial charge in [0.05, 0.1) is 0 Å². The number of carbonyl (C=O) groups is 1. The molecule has 0 spiro atoms. The molecule has 5 heteroatoms. The molecule has 5 nitrogen and oxygen atoms in total. The third kappa shape index (κ3) is 3.82. The van der Waals surface area contributed by atoms with Crippen LogP contribution in [0.15, 0.2) is 11.8 Å². The Hall–Kier alpha value is -1.07. The first kappa shape index (κ1) is 17.3. The molecule has 1 saturated carbocycles. The van der Waals surface area contributed by atoms with E-state index in [9.17, 15) is 4.79 Å². The number of rotatable bonds is 7. The lowest BCUT2D eigenvalue weighted by Gasteiger charge is -2.43. The van der Waals surface area contributed by atoms with Gasteiger partial charge >= 0.3 is 0 Å². The Bertz CT molecular complexity index is 403. The van der Waals surface area contributed by atoms with Crippen molar-refractivity contribution < 1.29 is 19.4 Å². The maximum Gasteiger partial charge on any atom is 0.288 e. The van der Waals surface area contributed by atoms with Crippen molar-refractivity contribution in [2.24, 2.45) is 17.8 Å². The number of aliphatic hydroxyl groups is 1. The van der Waals surface area contributed by atoms with E-state index in [1.807, 2.05) is 13.0 Å². The van der Waals surface area contributed by atoms with E-state index >= 15 is 0 Å². The third-order valence-corrected chi connectivity index (χ3v) is 4.77. The average Bonchev–Trinajstić information content (AvgIpc) is 2.43. The third-order valence-electron chi connectivity index (χ3n) is 4.77. The summed E-state index contributed by atoms with van der Waals surface area (Å²) in [4.78, 5) is 13.8. The van der Waals surface area contributed by atoms with Crippen molar-refractivity contribution in [3.63, 3.8) is 0 Å². The number of aliphatic hydroxyl groups excluding tert-OH is 1. The van der Waals surface area contributed by atoms with Gasteiger partial charge in [0.1, 0.15) is 0 Å². The Labute approximate surface area is 133 Å². The molecule has 126 valence electrons. The fourth-order valence-electron chi connectivity index (χ4n) is 3.36. The van der Waals surface area contributed by atoms with Crippen LogP contribution in [0.1, 0.15) is 39.0 Å². The molecule has 1 amide bonds. The normalized spacial score (nSPS) is 28.5. The van der Waals surface area contributed by atoms with Crippen LogP contribution < -0.4 is 0 Å². The highest BCUT2D eigenvalue weighted by Gasteiger charge is 2.42. The molecule has 3 atom stereocenters. The van der Waals surface area contributed by atoms with Crippen LogP contribution in [0.2, 0.25) is 0 Å². The molecule has 1 aliphatic heterocycles. The summed E-state index contributed by atoms with van der Waals surface area (Å²) in [7, 11) is 3.47. The number of allylic oxidation sites excluding steroid dienone is 1. The fraction of sp³-hybridized carbons (Fsp3) is 0.824. The minimum absolute atomic E-state index is 0.102. The number of likely N-dealkylation sites (N-methyl/N-ethyl adjacent to an activating group) is 1. The summed E-state index contributed by atoms with van der Waals surface area (Å²) in [5, 5.41) is 9.16. The fourth-order valence-corrected chi connectivity index (χ4v) is 3.36. The summed E-state index contributed by atoms with van der Waals surface area (Å²) in [6, 6.07) is 0. The van der Waals surface area contributed by atoms with Gasteiger partial charge in [0.15, 0.2) is 5.76 Å². The van der Waals surface area contributed by atoms with E-state index in [0.717, 1.165) is 12.8 Å². The van der Waals surface area contributed by atoms with E-state index in [-0.39, 0.29) is 24.7 Å². The molecular weight excluding hydrogens is 282 g/mol. The van der Waals surface area contributed by atoms with Crippen LogP contribution in [0.3, 0.4) is 0 Å². The molecular formula is C17H29NO4. The van der Waals surface area contributed by atoms with Gasteiger partial charge in [0, 0.05) is 33.2 Å². The van der Waals surface area contributed by atoms with E-state index in [4.69, 9.17) is 14.6 Å². The number of hydrogen-bond acceptors (Lipinski definition) is 4. The molecule has 22 heavy (non-hydrogen) atoms. The Morgan fingerprint density at radius 1 is 1.45 bits per heavy atom. The zero-order valence-corrected chi connectivity index (χ0v) is 14.0. The molecule has 2 rings (SSSR count). The minimum Gasteiger partial charge on any atom is -0.459 e. The second-order valence-electron chi connectivity index (χ2n) is 6.47. The Kier molecular flexibility index (Phi) is 6.26. The van der Waals surface area contributed by atoms with Crippen LogP contribution in [0.4, 0.5) is 0 Å². The van der Waals surface area contributed by atoms with Gasteiger partial charge in [-0.3, -0.25) is 4.79 Å². The van der Waals surface area contributed by atoms with E-state index < -0.39 is 0 Å². The van der Waals surface area contributed by atoms with Gasteiger partial charge in [-0.25, -0.2) is 0 Å². The van der Waals surface area contributed by atoms with Gasteiger partial charge in [-0.05, 0) is 50.5 Å². The van der Waals surface area contributed by atoms with Crippen molar-refractivity contribution in [2.75, 3.05) is 27.3 Å². The summed E-state index contributed by atoms with van der Waals surface area (Å²) in [5.74, 6) is 1.45. The topological polar surface area (TPSA) is 59.0 Å². The highest BCUT2D eigenvalue weighted by atomic mass is 16.7. The summed E-state index contributed by atoms with van der Waals surface area (Å²) >= 11 is 0. The van der Waals surface area contributed by atoms with Crippen molar-refractivity contribution >= 4 is 5.91 Å². The molecule has 0 saturated heterocycles. The second kappa shape index (κ2) is 7.97. The lowest BCUT2D eigenvalue weighted by molar-refractivity contribution is -0.180. The first-order valence-electron chi connectivity index (χ1n) is 8.41. The molecule has 1 N–H and O–H groups in total. The summed E-state index contributed by atoms with van der Waals surface area (Å²) in [6.07, 6.45) is 6.92. The quantitative estimate of drug-likeness (QED) is 0.783. The predicted molar refractivity (Wildman–Crippen MR) is 83.9 cm³/mol. The number of amides is 1. The highest BCUT2D eigenvalue weighted by molar-refractivity contribution is 5.91. The number of hydrogen-bond donors (Lipinski definition) is 1. The molecule has 0 aromatic rings. The molecule has 1 aliphatic carbocycles. The smallest absolute Gasteiger partial charge is 0.288 e. The van der Waals surface area contributed by atoms with Gasteiger partial charge in [-0.15, -0.1) is 0 Å². The first-order valence-corrected chi connectivity index (χ1v) is 8.41. The SMILES string of the molecule is CCO[C@@H]1OC(C(=O)N(C)C)=C[C@H](C2CCC2)[C@@H]1CCCO. The van der Waals surface area contributed by atoms with Crippen LogP contribution in [-0.4, -0.2) is 49.5 Å². The number of ether oxygens (including phenoxy) is 2. The van der Waals surface area contributed by atoms with Crippen LogP contribution >= 0.6 is 0 Å². The molecule has 1 heterocycles. The van der Waals surface area contributed by atoms with Gasteiger partial charge in [0.2, 0.25) is 6.29 Å². The Morgan fingerprint density at radius 3 is 2.68 bits per heavy atom. The second-order valence-corrected chi connectivity index (χ2v) is 6.47. The maximum atomic E-state index is 12.3. The molecule has 0 aromatic heterocycles. The Balaban J connectivity index is 2.22. The molecule has 0 aromatic carbocycles. The lowest BCUT2D eigenvalue weighted by atomic mass is 9.68. The number of carbonyl (C=O) groups excluding carboxylic acids is 1. The predicted octanol–water partition coefficient (Wildman–Crippen LogP) is 2.16. The molecule has 2 aliphatic rings. The van der Waals surface area contributed by atoms with Gasteiger partial charge in [-0.1, -0.05) is 6.42 Å². The van der Waals surface area contributed by atoms with E-state index in [1.165, 1.54) is 19.3 Å². The first-order chi connectivity index (χ1) is 10.6. The van der Waals surface area contributed by atoms with Crippen molar-refractivity contribution in [1.82, 2.24) is 4.90 Å². The monoisotopic (exact) mass is 311 g/mol. The van der Waals surface area contributed by atoms with Crippen LogP contribution in [0.25, 0.3) is 0 Å². The van der Waals surface area contributed by atoms with Crippen LogP contribution in [0, 0.1) is 17.8 Å². The summed E-state index contributed by atoms with van der Waals surface area (Å²) in [6.45, 7) is 2.68. The summed E-state index contributed by atoms with van der Waals surface area (Å²) in [5.41, 5.74) is 0. The van der Waals surface area contributed by atoms with Crippen molar-refractivity contribution in [3.05, 3.63) is 11.8 Å². The van der Waals surface area contributed by atoms with E-state index in [2.05, 4.69) is 0 Å². The molecule has 0 radical (unpaired) electrons. The maximum absolute atomic E-state index is 12.3.